The number of nitrogens with one attached hydrogen (secondary N) is 2. The van der Waals surface area contributed by atoms with Gasteiger partial charge in [-0.25, -0.2) is 5.84 Å². The van der Waals surface area contributed by atoms with Crippen molar-refractivity contribution in [3.8, 4) is 0 Å². The number of rotatable bonds is 3. The van der Waals surface area contributed by atoms with Crippen molar-refractivity contribution in [1.29, 1.82) is 0 Å². The third kappa shape index (κ3) is 3.87. The third-order valence-electron chi connectivity index (χ3n) is 2.01. The van der Waals surface area contributed by atoms with E-state index in [2.05, 4.69) is 15.7 Å². The van der Waals surface area contributed by atoms with Gasteiger partial charge < -0.3 is 5.32 Å². The van der Waals surface area contributed by atoms with Crippen LogP contribution in [0.25, 0.3) is 0 Å². The van der Waals surface area contributed by atoms with Gasteiger partial charge in [0.15, 0.2) is 0 Å². The molecule has 0 bridgehead atoms. The summed E-state index contributed by atoms with van der Waals surface area (Å²) in [4.78, 5) is 4.37. The molecule has 13 heavy (non-hydrogen) atoms. The van der Waals surface area contributed by atoms with Crippen molar-refractivity contribution in [1.82, 2.24) is 10.7 Å². The van der Waals surface area contributed by atoms with Crippen LogP contribution in [0.2, 0.25) is 0 Å². The van der Waals surface area contributed by atoms with Crippen molar-refractivity contribution in [3.05, 3.63) is 0 Å². The predicted octanol–water partition coefficient (Wildman–Crippen LogP) is 0.168. The van der Waals surface area contributed by atoms with Gasteiger partial charge in [0.1, 0.15) is 0 Å². The van der Waals surface area contributed by atoms with Gasteiger partial charge in [0, 0.05) is 13.1 Å². The zero-order valence-corrected chi connectivity index (χ0v) is 8.86. The molecule has 0 saturated carbocycles. The molecule has 1 unspecified atom stereocenters. The van der Waals surface area contributed by atoms with Gasteiger partial charge in [0.25, 0.3) is 0 Å². The van der Waals surface area contributed by atoms with E-state index in [0.29, 0.717) is 5.96 Å². The van der Waals surface area contributed by atoms with Gasteiger partial charge in [0.05, 0.1) is 0 Å². The Bertz CT molecular complexity index is 166. The summed E-state index contributed by atoms with van der Waals surface area (Å²) in [6.07, 6.45) is 1.29. The van der Waals surface area contributed by atoms with E-state index in [-0.39, 0.29) is 0 Å². The lowest BCUT2D eigenvalue weighted by Crippen LogP contribution is -2.41. The Morgan fingerprint density at radius 3 is 3.08 bits per heavy atom. The fraction of sp³-hybridized carbons (Fsp3) is 0.875. The normalized spacial score (nSPS) is 23.2. The molecular formula is C8H18N4S. The Labute approximate surface area is 83.7 Å². The van der Waals surface area contributed by atoms with E-state index in [1.807, 2.05) is 18.7 Å². The molecule has 0 aromatic heterocycles. The summed E-state index contributed by atoms with van der Waals surface area (Å²) >= 11 is 2.01. The fourth-order valence-electron chi connectivity index (χ4n) is 1.27. The first-order chi connectivity index (χ1) is 6.36. The highest BCUT2D eigenvalue weighted by Gasteiger charge is 2.14. The summed E-state index contributed by atoms with van der Waals surface area (Å²) in [5.74, 6) is 9.27. The number of nitrogens with zero attached hydrogens (tertiary/aromatic N) is 1. The van der Waals surface area contributed by atoms with E-state index < -0.39 is 0 Å². The Hall–Kier alpha value is -0.420. The minimum Gasteiger partial charge on any atom is -0.356 e. The number of hydrogen-bond acceptors (Lipinski definition) is 3. The summed E-state index contributed by atoms with van der Waals surface area (Å²) in [6.45, 7) is 3.76. The van der Waals surface area contributed by atoms with Gasteiger partial charge in [-0.15, -0.1) is 0 Å². The van der Waals surface area contributed by atoms with Crippen molar-refractivity contribution in [2.45, 2.75) is 13.3 Å². The zero-order chi connectivity index (χ0) is 9.52. The second kappa shape index (κ2) is 6.10. The van der Waals surface area contributed by atoms with Crippen molar-refractivity contribution < 1.29 is 0 Å². The summed E-state index contributed by atoms with van der Waals surface area (Å²) in [7, 11) is 0. The van der Waals surface area contributed by atoms with Crippen LogP contribution >= 0.6 is 11.8 Å². The van der Waals surface area contributed by atoms with Crippen molar-refractivity contribution >= 4 is 17.7 Å². The van der Waals surface area contributed by atoms with Crippen LogP contribution in [-0.4, -0.2) is 30.6 Å². The first kappa shape index (κ1) is 10.7. The Balaban J connectivity index is 2.25. The van der Waals surface area contributed by atoms with Gasteiger partial charge in [0.2, 0.25) is 5.96 Å². The summed E-state index contributed by atoms with van der Waals surface area (Å²) in [5, 5.41) is 3.06. The number of hydrazine groups is 1. The van der Waals surface area contributed by atoms with Crippen LogP contribution < -0.4 is 16.6 Å². The van der Waals surface area contributed by atoms with Crippen molar-refractivity contribution in [2.75, 3.05) is 24.6 Å². The van der Waals surface area contributed by atoms with Gasteiger partial charge in [-0.05, 0) is 30.8 Å². The zero-order valence-electron chi connectivity index (χ0n) is 8.05. The van der Waals surface area contributed by atoms with Gasteiger partial charge in [-0.2, -0.15) is 11.8 Å². The molecule has 0 amide bonds. The van der Waals surface area contributed by atoms with Crippen LogP contribution in [0.3, 0.4) is 0 Å². The molecule has 0 aliphatic carbocycles. The number of aliphatic imine (C=N–C) groups is 1. The monoisotopic (exact) mass is 202 g/mol. The van der Waals surface area contributed by atoms with Crippen molar-refractivity contribution in [3.63, 3.8) is 0 Å². The average molecular weight is 202 g/mol. The highest BCUT2D eigenvalue weighted by atomic mass is 32.2. The molecule has 1 aliphatic rings. The second-order valence-corrected chi connectivity index (χ2v) is 4.24. The average Bonchev–Trinajstić information content (AvgIpc) is 2.64. The van der Waals surface area contributed by atoms with Crippen LogP contribution in [0.5, 0.6) is 0 Å². The SMILES string of the molecule is CCNC(=NCC1CCSC1)NN. The molecule has 1 fully saturated rings. The molecule has 4 N–H and O–H groups in total. The van der Waals surface area contributed by atoms with E-state index in [1.165, 1.54) is 17.9 Å². The molecular weight excluding hydrogens is 184 g/mol. The second-order valence-electron chi connectivity index (χ2n) is 3.09. The van der Waals surface area contributed by atoms with E-state index in [4.69, 9.17) is 5.84 Å². The van der Waals surface area contributed by atoms with Crippen LogP contribution in [-0.2, 0) is 0 Å². The highest BCUT2D eigenvalue weighted by molar-refractivity contribution is 7.99. The van der Waals surface area contributed by atoms with Crippen LogP contribution in [0.15, 0.2) is 4.99 Å². The molecule has 0 spiro atoms. The lowest BCUT2D eigenvalue weighted by molar-refractivity contribution is 0.608. The van der Waals surface area contributed by atoms with E-state index in [0.717, 1.165) is 19.0 Å². The quantitative estimate of drug-likeness (QED) is 0.264. The standard InChI is InChI=1S/C8H18N4S/c1-2-10-8(12-9)11-5-7-3-4-13-6-7/h7H,2-6,9H2,1H3,(H2,10,11,12). The number of thioether (sulfide) groups is 1. The summed E-state index contributed by atoms with van der Waals surface area (Å²) in [6, 6.07) is 0. The minimum absolute atomic E-state index is 0.708. The van der Waals surface area contributed by atoms with Gasteiger partial charge in [-0.3, -0.25) is 10.4 Å². The maximum atomic E-state index is 5.30. The first-order valence-electron chi connectivity index (χ1n) is 4.69. The van der Waals surface area contributed by atoms with Crippen LogP contribution in [0.1, 0.15) is 13.3 Å². The molecule has 5 heteroatoms. The highest BCUT2D eigenvalue weighted by Crippen LogP contribution is 2.23. The molecule has 1 atom stereocenters. The fourth-order valence-corrected chi connectivity index (χ4v) is 2.54. The van der Waals surface area contributed by atoms with E-state index in [1.54, 1.807) is 0 Å². The molecule has 1 aliphatic heterocycles. The number of nitrogens with two attached hydrogens (primary N) is 1. The summed E-state index contributed by atoms with van der Waals surface area (Å²) < 4.78 is 0. The van der Waals surface area contributed by atoms with Gasteiger partial charge in [-0.1, -0.05) is 0 Å². The number of guanidine groups is 1. The Morgan fingerprint density at radius 2 is 2.54 bits per heavy atom. The van der Waals surface area contributed by atoms with Crippen molar-refractivity contribution in [2.24, 2.45) is 16.8 Å². The molecule has 1 heterocycles. The van der Waals surface area contributed by atoms with Gasteiger partial charge >= 0.3 is 0 Å². The first-order valence-corrected chi connectivity index (χ1v) is 5.85. The molecule has 0 aromatic rings. The predicted molar refractivity (Wildman–Crippen MR) is 58.7 cm³/mol. The largest absolute Gasteiger partial charge is 0.356 e. The maximum absolute atomic E-state index is 5.30. The number of hydrogen-bond donors (Lipinski definition) is 3. The van der Waals surface area contributed by atoms with E-state index >= 15 is 0 Å². The third-order valence-corrected chi connectivity index (χ3v) is 3.24. The maximum Gasteiger partial charge on any atom is 0.205 e. The Morgan fingerprint density at radius 1 is 1.69 bits per heavy atom. The molecule has 4 nitrogen and oxygen atoms in total. The smallest absolute Gasteiger partial charge is 0.205 e. The molecule has 1 saturated heterocycles. The minimum atomic E-state index is 0.708. The lowest BCUT2D eigenvalue weighted by Gasteiger charge is -2.08. The molecule has 0 radical (unpaired) electrons. The molecule has 76 valence electrons. The summed E-state index contributed by atoms with van der Waals surface area (Å²) in [5.41, 5.74) is 2.56. The van der Waals surface area contributed by atoms with E-state index in [9.17, 15) is 0 Å². The molecule has 0 aromatic carbocycles. The lowest BCUT2D eigenvalue weighted by atomic mass is 10.1. The Kier molecular flexibility index (Phi) is 5.00. The van der Waals surface area contributed by atoms with Crippen LogP contribution in [0, 0.1) is 5.92 Å². The topological polar surface area (TPSA) is 62.4 Å². The molecule has 1 rings (SSSR count). The van der Waals surface area contributed by atoms with Crippen LogP contribution in [0.4, 0.5) is 0 Å².